The van der Waals surface area contributed by atoms with E-state index in [0.717, 1.165) is 5.69 Å². The lowest BCUT2D eigenvalue weighted by molar-refractivity contribution is 0.0697. The summed E-state index contributed by atoms with van der Waals surface area (Å²) in [5.41, 5.74) is 2.00. The molecular formula is C12H9N3O3. The molecule has 2 aromatic heterocycles. The number of carboxylic acids is 1. The third-order valence-electron chi connectivity index (χ3n) is 2.67. The molecule has 1 aromatic carbocycles. The maximum absolute atomic E-state index is 10.9. The molecule has 0 aliphatic rings. The van der Waals surface area contributed by atoms with E-state index in [4.69, 9.17) is 9.52 Å². The lowest BCUT2D eigenvalue weighted by Gasteiger charge is -1.93. The van der Waals surface area contributed by atoms with Gasteiger partial charge >= 0.3 is 5.97 Å². The average molecular weight is 243 g/mol. The number of nitrogens with zero attached hydrogens (tertiary/aromatic N) is 3. The largest absolute Gasteiger partial charge is 0.478 e. The van der Waals surface area contributed by atoms with Gasteiger partial charge in [0, 0.05) is 7.05 Å². The third kappa shape index (κ3) is 1.55. The van der Waals surface area contributed by atoms with Gasteiger partial charge in [0.15, 0.2) is 5.58 Å². The molecule has 2 heterocycles. The van der Waals surface area contributed by atoms with Gasteiger partial charge in [0.1, 0.15) is 11.2 Å². The summed E-state index contributed by atoms with van der Waals surface area (Å²) < 4.78 is 7.34. The van der Waals surface area contributed by atoms with E-state index in [2.05, 4.69) is 9.97 Å². The smallest absolute Gasteiger partial charge is 0.335 e. The van der Waals surface area contributed by atoms with Crippen LogP contribution in [-0.2, 0) is 7.05 Å². The summed E-state index contributed by atoms with van der Waals surface area (Å²) in [5, 5.41) is 8.91. The van der Waals surface area contributed by atoms with Crippen molar-refractivity contribution in [2.45, 2.75) is 0 Å². The Kier molecular flexibility index (Phi) is 2.16. The van der Waals surface area contributed by atoms with E-state index in [0.29, 0.717) is 17.0 Å². The van der Waals surface area contributed by atoms with Crippen LogP contribution >= 0.6 is 0 Å². The van der Waals surface area contributed by atoms with Crippen LogP contribution in [0.2, 0.25) is 0 Å². The Morgan fingerprint density at radius 3 is 2.94 bits per heavy atom. The van der Waals surface area contributed by atoms with E-state index < -0.39 is 5.97 Å². The Morgan fingerprint density at radius 1 is 1.44 bits per heavy atom. The van der Waals surface area contributed by atoms with Crippen LogP contribution in [-0.4, -0.2) is 25.6 Å². The zero-order valence-corrected chi connectivity index (χ0v) is 9.49. The summed E-state index contributed by atoms with van der Waals surface area (Å²) in [6.07, 6.45) is 3.29. The zero-order chi connectivity index (χ0) is 12.7. The number of hydrogen-bond donors (Lipinski definition) is 1. The predicted octanol–water partition coefficient (Wildman–Crippen LogP) is 1.93. The molecule has 0 fully saturated rings. The standard InChI is InChI=1S/C12H9N3O3/c1-15-6-13-5-9(15)11-14-8-4-7(12(16)17)2-3-10(8)18-11/h2-6H,1H3,(H,16,17). The van der Waals surface area contributed by atoms with Gasteiger partial charge in [-0.15, -0.1) is 0 Å². The van der Waals surface area contributed by atoms with Crippen molar-refractivity contribution >= 4 is 17.1 Å². The molecule has 0 aliphatic carbocycles. The lowest BCUT2D eigenvalue weighted by Crippen LogP contribution is -1.94. The zero-order valence-electron chi connectivity index (χ0n) is 9.49. The Bertz CT molecular complexity index is 742. The normalized spacial score (nSPS) is 10.9. The number of aromatic carboxylic acids is 1. The molecule has 18 heavy (non-hydrogen) atoms. The second-order valence-electron chi connectivity index (χ2n) is 3.90. The number of hydrogen-bond acceptors (Lipinski definition) is 4. The van der Waals surface area contributed by atoms with Gasteiger partial charge in [0.2, 0.25) is 5.89 Å². The SMILES string of the molecule is Cn1cncc1-c1nc2cc(C(=O)O)ccc2o1. The molecule has 0 amide bonds. The Balaban J connectivity index is 2.17. The van der Waals surface area contributed by atoms with Gasteiger partial charge in [-0.2, -0.15) is 0 Å². The summed E-state index contributed by atoms with van der Waals surface area (Å²) in [7, 11) is 1.83. The summed E-state index contributed by atoms with van der Waals surface area (Å²) in [4.78, 5) is 19.1. The van der Waals surface area contributed by atoms with Crippen LogP contribution in [0.4, 0.5) is 0 Å². The minimum atomic E-state index is -0.984. The quantitative estimate of drug-likeness (QED) is 0.743. The Morgan fingerprint density at radius 2 is 2.28 bits per heavy atom. The topological polar surface area (TPSA) is 81.2 Å². The highest BCUT2D eigenvalue weighted by atomic mass is 16.4. The van der Waals surface area contributed by atoms with Crippen LogP contribution in [0.25, 0.3) is 22.7 Å². The molecular weight excluding hydrogens is 234 g/mol. The van der Waals surface area contributed by atoms with Gasteiger partial charge in [-0.3, -0.25) is 0 Å². The fourth-order valence-corrected chi connectivity index (χ4v) is 1.73. The molecule has 90 valence electrons. The van der Waals surface area contributed by atoms with Crippen molar-refractivity contribution in [2.24, 2.45) is 7.05 Å². The number of imidazole rings is 1. The van der Waals surface area contributed by atoms with Gasteiger partial charge in [-0.1, -0.05) is 0 Å². The molecule has 0 aliphatic heterocycles. The molecule has 0 unspecified atom stereocenters. The molecule has 6 heteroatoms. The third-order valence-corrected chi connectivity index (χ3v) is 2.67. The fourth-order valence-electron chi connectivity index (χ4n) is 1.73. The number of aromatic nitrogens is 3. The first-order chi connectivity index (χ1) is 8.65. The second kappa shape index (κ2) is 3.69. The number of oxazole rings is 1. The first kappa shape index (κ1) is 10.5. The number of aryl methyl sites for hydroxylation is 1. The predicted molar refractivity (Wildman–Crippen MR) is 63.2 cm³/mol. The van der Waals surface area contributed by atoms with Gasteiger partial charge in [0.05, 0.1) is 18.1 Å². The van der Waals surface area contributed by atoms with Gasteiger partial charge < -0.3 is 14.1 Å². The van der Waals surface area contributed by atoms with Gasteiger partial charge in [-0.25, -0.2) is 14.8 Å². The highest BCUT2D eigenvalue weighted by Gasteiger charge is 2.13. The molecule has 0 spiro atoms. The monoisotopic (exact) mass is 243 g/mol. The van der Waals surface area contributed by atoms with E-state index in [1.165, 1.54) is 12.1 Å². The van der Waals surface area contributed by atoms with Crippen molar-refractivity contribution < 1.29 is 14.3 Å². The van der Waals surface area contributed by atoms with Crippen molar-refractivity contribution in [1.29, 1.82) is 0 Å². The van der Waals surface area contributed by atoms with E-state index in [1.807, 2.05) is 7.05 Å². The minimum absolute atomic E-state index is 0.187. The number of fused-ring (bicyclic) bond motifs is 1. The Hall–Kier alpha value is -2.63. The summed E-state index contributed by atoms with van der Waals surface area (Å²) in [6, 6.07) is 4.58. The Labute approximate surface area is 102 Å². The van der Waals surface area contributed by atoms with E-state index in [-0.39, 0.29) is 5.56 Å². The van der Waals surface area contributed by atoms with Crippen LogP contribution in [0.15, 0.2) is 35.1 Å². The van der Waals surface area contributed by atoms with Crippen LogP contribution in [0.5, 0.6) is 0 Å². The minimum Gasteiger partial charge on any atom is -0.478 e. The highest BCUT2D eigenvalue weighted by Crippen LogP contribution is 2.24. The second-order valence-corrected chi connectivity index (χ2v) is 3.90. The van der Waals surface area contributed by atoms with Gasteiger partial charge in [0.25, 0.3) is 0 Å². The highest BCUT2D eigenvalue weighted by molar-refractivity contribution is 5.92. The molecule has 1 N–H and O–H groups in total. The number of carboxylic acid groups (broad SMARTS) is 1. The van der Waals surface area contributed by atoms with Crippen molar-refractivity contribution in [1.82, 2.24) is 14.5 Å². The van der Waals surface area contributed by atoms with E-state index in [9.17, 15) is 4.79 Å². The molecule has 6 nitrogen and oxygen atoms in total. The molecule has 0 bridgehead atoms. The lowest BCUT2D eigenvalue weighted by atomic mass is 10.2. The van der Waals surface area contributed by atoms with Crippen LogP contribution in [0, 0.1) is 0 Å². The fraction of sp³-hybridized carbons (Fsp3) is 0.0833. The molecule has 3 rings (SSSR count). The average Bonchev–Trinajstić information content (AvgIpc) is 2.92. The number of benzene rings is 1. The maximum atomic E-state index is 10.9. The molecule has 0 saturated carbocycles. The summed E-state index contributed by atoms with van der Waals surface area (Å²) in [6.45, 7) is 0. The van der Waals surface area contributed by atoms with Crippen molar-refractivity contribution in [3.8, 4) is 11.6 Å². The van der Waals surface area contributed by atoms with Crippen molar-refractivity contribution in [2.75, 3.05) is 0 Å². The first-order valence-electron chi connectivity index (χ1n) is 5.26. The van der Waals surface area contributed by atoms with Crippen LogP contribution in [0.1, 0.15) is 10.4 Å². The van der Waals surface area contributed by atoms with E-state index in [1.54, 1.807) is 23.2 Å². The molecule has 0 radical (unpaired) electrons. The molecule has 0 saturated heterocycles. The van der Waals surface area contributed by atoms with Crippen molar-refractivity contribution in [3.05, 3.63) is 36.3 Å². The summed E-state index contributed by atoms with van der Waals surface area (Å²) >= 11 is 0. The number of carbonyl (C=O) groups is 1. The molecule has 0 atom stereocenters. The molecule has 3 aromatic rings. The van der Waals surface area contributed by atoms with Crippen molar-refractivity contribution in [3.63, 3.8) is 0 Å². The first-order valence-corrected chi connectivity index (χ1v) is 5.26. The van der Waals surface area contributed by atoms with Crippen LogP contribution in [0.3, 0.4) is 0 Å². The van der Waals surface area contributed by atoms with E-state index >= 15 is 0 Å². The summed E-state index contributed by atoms with van der Waals surface area (Å²) in [5.74, 6) is -0.561. The van der Waals surface area contributed by atoms with Crippen LogP contribution < -0.4 is 0 Å². The van der Waals surface area contributed by atoms with Gasteiger partial charge in [-0.05, 0) is 18.2 Å². The number of rotatable bonds is 2. The maximum Gasteiger partial charge on any atom is 0.335 e.